The molecule has 0 spiro atoms. The molecule has 0 unspecified atom stereocenters. The van der Waals surface area contributed by atoms with Gasteiger partial charge in [0.2, 0.25) is 5.13 Å². The van der Waals surface area contributed by atoms with Gasteiger partial charge in [-0.25, -0.2) is 4.98 Å². The van der Waals surface area contributed by atoms with Gasteiger partial charge in [0.05, 0.1) is 6.54 Å². The zero-order valence-electron chi connectivity index (χ0n) is 9.36. The van der Waals surface area contributed by atoms with Gasteiger partial charge in [0.25, 0.3) is 0 Å². The van der Waals surface area contributed by atoms with E-state index in [2.05, 4.69) is 32.8 Å². The number of nitrogens with zero attached hydrogens (tertiary/aromatic N) is 3. The van der Waals surface area contributed by atoms with Crippen molar-refractivity contribution in [3.05, 3.63) is 21.1 Å². The highest BCUT2D eigenvalue weighted by molar-refractivity contribution is 7.15. The third-order valence-electron chi connectivity index (χ3n) is 1.99. The minimum atomic E-state index is 0.735. The third-order valence-corrected chi connectivity index (χ3v) is 3.90. The van der Waals surface area contributed by atoms with Crippen molar-refractivity contribution in [2.45, 2.75) is 33.2 Å². The molecule has 0 radical (unpaired) electrons. The fourth-order valence-electron chi connectivity index (χ4n) is 1.28. The quantitative estimate of drug-likeness (QED) is 0.891. The topological polar surface area (TPSA) is 50.7 Å². The summed E-state index contributed by atoms with van der Waals surface area (Å²) in [7, 11) is 0. The van der Waals surface area contributed by atoms with Crippen LogP contribution in [-0.2, 0) is 13.0 Å². The van der Waals surface area contributed by atoms with Gasteiger partial charge in [0.15, 0.2) is 0 Å². The third kappa shape index (κ3) is 2.99. The van der Waals surface area contributed by atoms with Crippen LogP contribution >= 0.6 is 22.7 Å². The molecule has 2 aromatic heterocycles. The molecule has 2 rings (SSSR count). The van der Waals surface area contributed by atoms with Crippen molar-refractivity contribution in [3.8, 4) is 0 Å². The van der Waals surface area contributed by atoms with Crippen LogP contribution in [0.2, 0.25) is 0 Å². The van der Waals surface area contributed by atoms with Crippen LogP contribution in [0.3, 0.4) is 0 Å². The minimum Gasteiger partial charge on any atom is -0.354 e. The van der Waals surface area contributed by atoms with E-state index >= 15 is 0 Å². The Morgan fingerprint density at radius 3 is 2.88 bits per heavy atom. The van der Waals surface area contributed by atoms with Crippen molar-refractivity contribution >= 4 is 27.8 Å². The van der Waals surface area contributed by atoms with Crippen LogP contribution in [0.5, 0.6) is 0 Å². The van der Waals surface area contributed by atoms with Crippen molar-refractivity contribution in [2.75, 3.05) is 5.32 Å². The molecule has 0 fully saturated rings. The number of nitrogens with one attached hydrogen (secondary N) is 1. The second kappa shape index (κ2) is 5.36. The molecule has 0 aromatic carbocycles. The first-order chi connectivity index (χ1) is 7.78. The Bertz CT molecular complexity index is 449. The second-order valence-electron chi connectivity index (χ2n) is 3.49. The Morgan fingerprint density at radius 2 is 2.19 bits per heavy atom. The van der Waals surface area contributed by atoms with E-state index in [4.69, 9.17) is 0 Å². The molecule has 0 atom stereocenters. The first-order valence-electron chi connectivity index (χ1n) is 5.25. The lowest BCUT2D eigenvalue weighted by molar-refractivity contribution is 0.877. The lowest BCUT2D eigenvalue weighted by Gasteiger charge is -1.96. The van der Waals surface area contributed by atoms with Crippen LogP contribution in [-0.4, -0.2) is 15.2 Å². The summed E-state index contributed by atoms with van der Waals surface area (Å²) in [5, 5.41) is 16.6. The molecule has 1 N–H and O–H groups in total. The lowest BCUT2D eigenvalue weighted by atomic mass is 10.4. The maximum atomic E-state index is 4.38. The van der Waals surface area contributed by atoms with E-state index in [1.54, 1.807) is 22.7 Å². The van der Waals surface area contributed by atoms with Gasteiger partial charge in [-0.05, 0) is 13.3 Å². The molecule has 16 heavy (non-hydrogen) atoms. The van der Waals surface area contributed by atoms with Crippen LogP contribution in [0.25, 0.3) is 0 Å². The molecule has 86 valence electrons. The summed E-state index contributed by atoms with van der Waals surface area (Å²) in [6, 6.07) is 0. The van der Waals surface area contributed by atoms with E-state index in [-0.39, 0.29) is 0 Å². The molecule has 0 saturated heterocycles. The van der Waals surface area contributed by atoms with E-state index in [0.717, 1.165) is 40.2 Å². The van der Waals surface area contributed by atoms with Crippen molar-refractivity contribution in [2.24, 2.45) is 0 Å². The number of thiazole rings is 1. The zero-order chi connectivity index (χ0) is 11.4. The van der Waals surface area contributed by atoms with Crippen molar-refractivity contribution < 1.29 is 0 Å². The number of aromatic nitrogens is 3. The number of anilines is 1. The molecule has 0 aliphatic heterocycles. The highest BCUT2D eigenvalue weighted by Gasteiger charge is 2.04. The normalized spacial score (nSPS) is 10.6. The van der Waals surface area contributed by atoms with Crippen LogP contribution in [0.4, 0.5) is 5.13 Å². The predicted molar refractivity (Wildman–Crippen MR) is 68.1 cm³/mol. The molecule has 2 aromatic rings. The molecule has 0 aliphatic rings. The molecule has 0 aliphatic carbocycles. The SMILES string of the molecule is CCCc1nnc(NCc2nc(C)cs2)s1. The van der Waals surface area contributed by atoms with Crippen LogP contribution in [0.1, 0.15) is 29.1 Å². The summed E-state index contributed by atoms with van der Waals surface area (Å²) in [4.78, 5) is 4.38. The standard InChI is InChI=1S/C10H14N4S2/c1-3-4-8-13-14-10(16-8)11-5-9-12-7(2)6-15-9/h6H,3-5H2,1-2H3,(H,11,14). The first kappa shape index (κ1) is 11.5. The second-order valence-corrected chi connectivity index (χ2v) is 5.49. The molecular formula is C10H14N4S2. The summed E-state index contributed by atoms with van der Waals surface area (Å²) in [6.45, 7) is 4.89. The lowest BCUT2D eigenvalue weighted by Crippen LogP contribution is -1.98. The average Bonchev–Trinajstić information content (AvgIpc) is 2.85. The van der Waals surface area contributed by atoms with E-state index < -0.39 is 0 Å². The Kier molecular flexibility index (Phi) is 3.84. The van der Waals surface area contributed by atoms with Crippen LogP contribution < -0.4 is 5.32 Å². The fourth-order valence-corrected chi connectivity index (χ4v) is 2.82. The van der Waals surface area contributed by atoms with E-state index in [1.165, 1.54) is 0 Å². The van der Waals surface area contributed by atoms with Crippen LogP contribution in [0, 0.1) is 6.92 Å². The van der Waals surface area contributed by atoms with Gasteiger partial charge in [-0.1, -0.05) is 18.3 Å². The van der Waals surface area contributed by atoms with Gasteiger partial charge in [0, 0.05) is 17.5 Å². The summed E-state index contributed by atoms with van der Waals surface area (Å²) in [6.07, 6.45) is 2.12. The molecule has 0 amide bonds. The van der Waals surface area contributed by atoms with Crippen molar-refractivity contribution in [1.82, 2.24) is 15.2 Å². The van der Waals surface area contributed by atoms with Crippen molar-refractivity contribution in [3.63, 3.8) is 0 Å². The minimum absolute atomic E-state index is 0.735. The molecule has 0 saturated carbocycles. The predicted octanol–water partition coefficient (Wildman–Crippen LogP) is 2.87. The summed E-state index contributed by atoms with van der Waals surface area (Å²) < 4.78 is 0. The zero-order valence-corrected chi connectivity index (χ0v) is 11.0. The van der Waals surface area contributed by atoms with Gasteiger partial charge in [0.1, 0.15) is 10.0 Å². The summed E-state index contributed by atoms with van der Waals surface area (Å²) in [5.74, 6) is 0. The van der Waals surface area contributed by atoms with E-state index in [9.17, 15) is 0 Å². The van der Waals surface area contributed by atoms with Crippen molar-refractivity contribution in [1.29, 1.82) is 0 Å². The molecule has 2 heterocycles. The number of hydrogen-bond acceptors (Lipinski definition) is 6. The maximum absolute atomic E-state index is 4.38. The summed E-state index contributed by atoms with van der Waals surface area (Å²) >= 11 is 3.30. The highest BCUT2D eigenvalue weighted by atomic mass is 32.1. The van der Waals surface area contributed by atoms with Gasteiger partial charge in [-0.2, -0.15) is 0 Å². The first-order valence-corrected chi connectivity index (χ1v) is 6.95. The largest absolute Gasteiger partial charge is 0.354 e. The monoisotopic (exact) mass is 254 g/mol. The highest BCUT2D eigenvalue weighted by Crippen LogP contribution is 2.18. The maximum Gasteiger partial charge on any atom is 0.206 e. The van der Waals surface area contributed by atoms with Gasteiger partial charge < -0.3 is 5.32 Å². The number of rotatable bonds is 5. The molecule has 6 heteroatoms. The average molecular weight is 254 g/mol. The Labute approximate surface area is 103 Å². The Morgan fingerprint density at radius 1 is 1.31 bits per heavy atom. The molecule has 4 nitrogen and oxygen atoms in total. The Balaban J connectivity index is 1.89. The summed E-state index contributed by atoms with van der Waals surface area (Å²) in [5.41, 5.74) is 1.07. The number of hydrogen-bond donors (Lipinski definition) is 1. The fraction of sp³-hybridized carbons (Fsp3) is 0.500. The van der Waals surface area contributed by atoms with Crippen LogP contribution in [0.15, 0.2) is 5.38 Å². The van der Waals surface area contributed by atoms with Gasteiger partial charge in [-0.3, -0.25) is 0 Å². The molecule has 0 bridgehead atoms. The Hall–Kier alpha value is -1.01. The van der Waals surface area contributed by atoms with E-state index in [0.29, 0.717) is 0 Å². The van der Waals surface area contributed by atoms with Gasteiger partial charge in [-0.15, -0.1) is 21.5 Å². The number of aryl methyl sites for hydroxylation is 2. The molecular weight excluding hydrogens is 240 g/mol. The van der Waals surface area contributed by atoms with E-state index in [1.807, 2.05) is 6.92 Å². The smallest absolute Gasteiger partial charge is 0.206 e. The van der Waals surface area contributed by atoms with Gasteiger partial charge >= 0.3 is 0 Å².